The standard InChI is InChI=1S/C16H16O/c1-11(2)16(3)10-13-9-8-12-6-4-5-7-14(12)15(13)17-16/h4-9H,1,10H2,2-3H3. The summed E-state index contributed by atoms with van der Waals surface area (Å²) in [6, 6.07) is 12.7. The molecule has 1 aliphatic heterocycles. The topological polar surface area (TPSA) is 9.23 Å². The van der Waals surface area contributed by atoms with Gasteiger partial charge in [-0.05, 0) is 30.4 Å². The molecule has 2 aromatic rings. The Morgan fingerprint density at radius 3 is 2.76 bits per heavy atom. The molecule has 0 saturated carbocycles. The van der Waals surface area contributed by atoms with Crippen LogP contribution in [0.3, 0.4) is 0 Å². The van der Waals surface area contributed by atoms with Crippen molar-refractivity contribution in [1.29, 1.82) is 0 Å². The van der Waals surface area contributed by atoms with Crippen LogP contribution in [0.5, 0.6) is 5.75 Å². The first-order valence-corrected chi connectivity index (χ1v) is 5.96. The number of fused-ring (bicyclic) bond motifs is 3. The van der Waals surface area contributed by atoms with Crippen molar-refractivity contribution in [2.45, 2.75) is 25.9 Å². The predicted molar refractivity (Wildman–Crippen MR) is 71.5 cm³/mol. The average Bonchev–Trinajstić information content (AvgIpc) is 2.67. The highest BCUT2D eigenvalue weighted by Crippen LogP contribution is 2.42. The molecule has 1 heteroatoms. The summed E-state index contributed by atoms with van der Waals surface area (Å²) in [7, 11) is 0. The molecule has 1 aliphatic rings. The maximum Gasteiger partial charge on any atom is 0.131 e. The van der Waals surface area contributed by atoms with E-state index in [1.807, 2.05) is 6.92 Å². The first-order valence-electron chi connectivity index (χ1n) is 5.96. The highest BCUT2D eigenvalue weighted by Gasteiger charge is 2.36. The third-order valence-electron chi connectivity index (χ3n) is 3.72. The number of benzene rings is 2. The van der Waals surface area contributed by atoms with Gasteiger partial charge in [0.2, 0.25) is 0 Å². The maximum absolute atomic E-state index is 6.17. The normalized spacial score (nSPS) is 22.2. The van der Waals surface area contributed by atoms with Crippen molar-refractivity contribution in [2.24, 2.45) is 0 Å². The van der Waals surface area contributed by atoms with Crippen molar-refractivity contribution in [2.75, 3.05) is 0 Å². The minimum absolute atomic E-state index is 0.244. The molecule has 1 atom stereocenters. The molecule has 2 aromatic carbocycles. The summed E-state index contributed by atoms with van der Waals surface area (Å²) >= 11 is 0. The molecule has 0 radical (unpaired) electrons. The molecule has 0 saturated heterocycles. The Bertz CT molecular complexity index is 612. The highest BCUT2D eigenvalue weighted by atomic mass is 16.5. The van der Waals surface area contributed by atoms with Crippen LogP contribution in [-0.4, -0.2) is 5.60 Å². The van der Waals surface area contributed by atoms with Gasteiger partial charge in [0.15, 0.2) is 0 Å². The van der Waals surface area contributed by atoms with Gasteiger partial charge in [-0.2, -0.15) is 0 Å². The highest BCUT2D eigenvalue weighted by molar-refractivity contribution is 5.90. The van der Waals surface area contributed by atoms with E-state index >= 15 is 0 Å². The first kappa shape index (κ1) is 10.4. The SMILES string of the molecule is C=C(C)C1(C)Cc2ccc3ccccc3c2O1. The van der Waals surface area contributed by atoms with Gasteiger partial charge in [0.1, 0.15) is 11.4 Å². The summed E-state index contributed by atoms with van der Waals surface area (Å²) in [6.45, 7) is 8.20. The lowest BCUT2D eigenvalue weighted by Gasteiger charge is -2.24. The summed E-state index contributed by atoms with van der Waals surface area (Å²) in [5.41, 5.74) is 2.12. The summed E-state index contributed by atoms with van der Waals surface area (Å²) in [5, 5.41) is 2.44. The second-order valence-corrected chi connectivity index (χ2v) is 5.06. The van der Waals surface area contributed by atoms with Gasteiger partial charge >= 0.3 is 0 Å². The number of hydrogen-bond donors (Lipinski definition) is 0. The summed E-state index contributed by atoms with van der Waals surface area (Å²) in [6.07, 6.45) is 0.919. The molecule has 86 valence electrons. The molecule has 1 unspecified atom stereocenters. The zero-order valence-electron chi connectivity index (χ0n) is 10.3. The van der Waals surface area contributed by atoms with Gasteiger partial charge in [-0.25, -0.2) is 0 Å². The zero-order chi connectivity index (χ0) is 12.0. The Labute approximate surface area is 102 Å². The Kier molecular flexibility index (Phi) is 2.06. The molecule has 0 aromatic heterocycles. The largest absolute Gasteiger partial charge is 0.482 e. The van der Waals surface area contributed by atoms with Crippen molar-refractivity contribution in [1.82, 2.24) is 0 Å². The van der Waals surface area contributed by atoms with Crippen LogP contribution in [-0.2, 0) is 6.42 Å². The zero-order valence-corrected chi connectivity index (χ0v) is 10.3. The van der Waals surface area contributed by atoms with Crippen molar-refractivity contribution < 1.29 is 4.74 Å². The van der Waals surface area contributed by atoms with E-state index in [-0.39, 0.29) is 5.60 Å². The molecule has 17 heavy (non-hydrogen) atoms. The van der Waals surface area contributed by atoms with E-state index in [0.717, 1.165) is 17.7 Å². The number of rotatable bonds is 1. The minimum atomic E-state index is -0.244. The molecule has 3 rings (SSSR count). The molecule has 0 amide bonds. The minimum Gasteiger partial charge on any atom is -0.482 e. The fourth-order valence-electron chi connectivity index (χ4n) is 2.41. The van der Waals surface area contributed by atoms with Crippen molar-refractivity contribution in [3.8, 4) is 5.75 Å². The van der Waals surface area contributed by atoms with Crippen molar-refractivity contribution >= 4 is 10.8 Å². The fourth-order valence-corrected chi connectivity index (χ4v) is 2.41. The smallest absolute Gasteiger partial charge is 0.131 e. The van der Waals surface area contributed by atoms with Crippen LogP contribution in [0.4, 0.5) is 0 Å². The molecule has 0 aliphatic carbocycles. The van der Waals surface area contributed by atoms with Crippen LogP contribution >= 0.6 is 0 Å². The van der Waals surface area contributed by atoms with E-state index in [9.17, 15) is 0 Å². The van der Waals surface area contributed by atoms with Gasteiger partial charge < -0.3 is 4.74 Å². The molecule has 0 N–H and O–H groups in total. The lowest BCUT2D eigenvalue weighted by atomic mass is 9.92. The van der Waals surface area contributed by atoms with Crippen LogP contribution in [0, 0.1) is 0 Å². The van der Waals surface area contributed by atoms with Crippen LogP contribution in [0.25, 0.3) is 10.8 Å². The quantitative estimate of drug-likeness (QED) is 0.662. The van der Waals surface area contributed by atoms with Crippen LogP contribution in [0.2, 0.25) is 0 Å². The predicted octanol–water partition coefficient (Wildman–Crippen LogP) is 4.11. The van der Waals surface area contributed by atoms with Gasteiger partial charge in [-0.1, -0.05) is 43.0 Å². The van der Waals surface area contributed by atoms with Gasteiger partial charge in [0.05, 0.1) is 0 Å². The second-order valence-electron chi connectivity index (χ2n) is 5.06. The summed E-state index contributed by atoms with van der Waals surface area (Å²) < 4.78 is 6.17. The Balaban J connectivity index is 2.20. The molecule has 1 nitrogen and oxygen atoms in total. The fraction of sp³-hybridized carbons (Fsp3) is 0.250. The van der Waals surface area contributed by atoms with E-state index in [1.165, 1.54) is 16.3 Å². The lowest BCUT2D eigenvalue weighted by molar-refractivity contribution is 0.159. The molecule has 0 fully saturated rings. The Morgan fingerprint density at radius 1 is 1.24 bits per heavy atom. The third-order valence-corrected chi connectivity index (χ3v) is 3.72. The maximum atomic E-state index is 6.17. The van der Waals surface area contributed by atoms with Crippen molar-refractivity contribution in [3.05, 3.63) is 54.1 Å². The monoisotopic (exact) mass is 224 g/mol. The summed E-state index contributed by atoms with van der Waals surface area (Å²) in [4.78, 5) is 0. The van der Waals surface area contributed by atoms with E-state index in [0.29, 0.717) is 0 Å². The van der Waals surface area contributed by atoms with Crippen LogP contribution in [0.1, 0.15) is 19.4 Å². The van der Waals surface area contributed by atoms with E-state index < -0.39 is 0 Å². The third kappa shape index (κ3) is 1.46. The Hall–Kier alpha value is -1.76. The molecule has 0 spiro atoms. The Morgan fingerprint density at radius 2 is 2.00 bits per heavy atom. The average molecular weight is 224 g/mol. The van der Waals surface area contributed by atoms with Gasteiger partial charge in [-0.3, -0.25) is 0 Å². The molecular weight excluding hydrogens is 208 g/mol. The van der Waals surface area contributed by atoms with Crippen molar-refractivity contribution in [3.63, 3.8) is 0 Å². The lowest BCUT2D eigenvalue weighted by Crippen LogP contribution is -2.30. The summed E-state index contributed by atoms with van der Waals surface area (Å²) in [5.74, 6) is 1.04. The van der Waals surface area contributed by atoms with Gasteiger partial charge in [0, 0.05) is 11.8 Å². The van der Waals surface area contributed by atoms with Crippen LogP contribution in [0.15, 0.2) is 48.6 Å². The van der Waals surface area contributed by atoms with E-state index in [1.54, 1.807) is 0 Å². The first-order chi connectivity index (χ1) is 8.10. The molecule has 0 bridgehead atoms. The number of ether oxygens (including phenoxy) is 1. The van der Waals surface area contributed by atoms with Gasteiger partial charge in [-0.15, -0.1) is 0 Å². The van der Waals surface area contributed by atoms with Gasteiger partial charge in [0.25, 0.3) is 0 Å². The second kappa shape index (κ2) is 3.36. The molecular formula is C16H16O. The number of hydrogen-bond acceptors (Lipinski definition) is 1. The molecule has 1 heterocycles. The van der Waals surface area contributed by atoms with Crippen LogP contribution < -0.4 is 4.74 Å². The van der Waals surface area contributed by atoms with E-state index in [4.69, 9.17) is 4.74 Å². The van der Waals surface area contributed by atoms with E-state index in [2.05, 4.69) is 49.9 Å².